The van der Waals surface area contributed by atoms with Gasteiger partial charge in [0.2, 0.25) is 0 Å². The highest BCUT2D eigenvalue weighted by Crippen LogP contribution is 2.27. The Bertz CT molecular complexity index is 450. The Hall–Kier alpha value is -1.84. The van der Waals surface area contributed by atoms with E-state index < -0.39 is 12.1 Å². The first-order valence-corrected chi connectivity index (χ1v) is 5.02. The summed E-state index contributed by atoms with van der Waals surface area (Å²) in [7, 11) is 1.32. The van der Waals surface area contributed by atoms with Gasteiger partial charge in [0.25, 0.3) is 0 Å². The number of rotatable bonds is 1. The van der Waals surface area contributed by atoms with Crippen LogP contribution in [-0.2, 0) is 16.0 Å². The average Bonchev–Trinajstić information content (AvgIpc) is 2.29. The Kier molecular flexibility index (Phi) is 2.64. The topological polar surface area (TPSA) is 52.6 Å². The van der Waals surface area contributed by atoms with Gasteiger partial charge in [-0.25, -0.2) is 4.79 Å². The Morgan fingerprint density at radius 2 is 2.25 bits per heavy atom. The molecule has 0 fully saturated rings. The van der Waals surface area contributed by atoms with Crippen LogP contribution >= 0.6 is 0 Å². The predicted octanol–water partition coefficient (Wildman–Crippen LogP) is 1.37. The highest BCUT2D eigenvalue weighted by Gasteiger charge is 2.24. The lowest BCUT2D eigenvalue weighted by Crippen LogP contribution is -2.30. The van der Waals surface area contributed by atoms with Crippen LogP contribution in [0.4, 0.5) is 0 Å². The van der Waals surface area contributed by atoms with Crippen LogP contribution in [0.1, 0.15) is 22.8 Å². The second-order valence-electron chi connectivity index (χ2n) is 3.72. The quantitative estimate of drug-likeness (QED) is 0.671. The predicted molar refractivity (Wildman–Crippen MR) is 56.6 cm³/mol. The molecule has 2 rings (SSSR count). The highest BCUT2D eigenvalue weighted by molar-refractivity contribution is 5.92. The van der Waals surface area contributed by atoms with E-state index in [2.05, 4.69) is 4.74 Å². The number of hydrogen-bond acceptors (Lipinski definition) is 4. The van der Waals surface area contributed by atoms with Crippen molar-refractivity contribution in [2.45, 2.75) is 19.4 Å². The zero-order chi connectivity index (χ0) is 11.7. The van der Waals surface area contributed by atoms with Gasteiger partial charge in [-0.05, 0) is 25.1 Å². The summed E-state index contributed by atoms with van der Waals surface area (Å²) in [5.74, 6) is 0.281. The Morgan fingerprint density at radius 1 is 1.50 bits per heavy atom. The van der Waals surface area contributed by atoms with Crippen LogP contribution in [0.25, 0.3) is 0 Å². The average molecular weight is 220 g/mol. The van der Waals surface area contributed by atoms with E-state index >= 15 is 0 Å². The number of esters is 1. The molecule has 0 N–H and O–H groups in total. The first-order valence-electron chi connectivity index (χ1n) is 5.02. The lowest BCUT2D eigenvalue weighted by atomic mass is 9.99. The van der Waals surface area contributed by atoms with Gasteiger partial charge in [0.15, 0.2) is 11.9 Å². The summed E-state index contributed by atoms with van der Waals surface area (Å²) in [4.78, 5) is 22.8. The lowest BCUT2D eigenvalue weighted by Gasteiger charge is -2.22. The third-order valence-electron chi connectivity index (χ3n) is 2.60. The molecule has 0 spiro atoms. The summed E-state index contributed by atoms with van der Waals surface area (Å²) in [5, 5.41) is 0. The van der Waals surface area contributed by atoms with Crippen molar-refractivity contribution in [1.29, 1.82) is 0 Å². The normalized spacial score (nSPS) is 18.6. The SMILES string of the molecule is COC(=O)c1ccc2c(c1)CC(=O)[C@H](C)O2. The summed E-state index contributed by atoms with van der Waals surface area (Å²) >= 11 is 0. The molecule has 4 heteroatoms. The Morgan fingerprint density at radius 3 is 2.94 bits per heavy atom. The van der Waals surface area contributed by atoms with Gasteiger partial charge in [-0.2, -0.15) is 0 Å². The monoisotopic (exact) mass is 220 g/mol. The van der Waals surface area contributed by atoms with E-state index in [1.165, 1.54) is 7.11 Å². The van der Waals surface area contributed by atoms with Crippen molar-refractivity contribution in [2.75, 3.05) is 7.11 Å². The molecular weight excluding hydrogens is 208 g/mol. The molecule has 1 aliphatic rings. The molecular formula is C12H12O4. The first-order chi connectivity index (χ1) is 7.61. The van der Waals surface area contributed by atoms with Crippen LogP contribution in [0.3, 0.4) is 0 Å². The molecule has 0 unspecified atom stereocenters. The molecule has 1 aliphatic heterocycles. The fourth-order valence-electron chi connectivity index (χ4n) is 1.66. The van der Waals surface area contributed by atoms with Crippen LogP contribution < -0.4 is 4.74 Å². The second-order valence-corrected chi connectivity index (χ2v) is 3.72. The van der Waals surface area contributed by atoms with Gasteiger partial charge in [0.1, 0.15) is 5.75 Å². The smallest absolute Gasteiger partial charge is 0.337 e. The number of methoxy groups -OCH3 is 1. The van der Waals surface area contributed by atoms with E-state index in [9.17, 15) is 9.59 Å². The third-order valence-corrected chi connectivity index (χ3v) is 2.60. The number of ketones is 1. The van der Waals surface area contributed by atoms with Crippen molar-refractivity contribution in [2.24, 2.45) is 0 Å². The number of Topliss-reactive ketones (excluding diaryl/α,β-unsaturated/α-hetero) is 1. The number of ether oxygens (including phenoxy) is 2. The zero-order valence-electron chi connectivity index (χ0n) is 9.15. The summed E-state index contributed by atoms with van der Waals surface area (Å²) in [6.07, 6.45) is -0.0992. The van der Waals surface area contributed by atoms with Crippen molar-refractivity contribution in [3.63, 3.8) is 0 Å². The van der Waals surface area contributed by atoms with E-state index in [0.717, 1.165) is 5.56 Å². The van der Waals surface area contributed by atoms with Gasteiger partial charge in [-0.15, -0.1) is 0 Å². The van der Waals surface area contributed by atoms with E-state index in [-0.39, 0.29) is 5.78 Å². The second kappa shape index (κ2) is 3.96. The molecule has 0 saturated heterocycles. The number of carbonyl (C=O) groups excluding carboxylic acids is 2. The molecule has 84 valence electrons. The van der Waals surface area contributed by atoms with Gasteiger partial charge < -0.3 is 9.47 Å². The fraction of sp³-hybridized carbons (Fsp3) is 0.333. The molecule has 0 radical (unpaired) electrons. The molecule has 16 heavy (non-hydrogen) atoms. The number of carbonyl (C=O) groups is 2. The van der Waals surface area contributed by atoms with Crippen molar-refractivity contribution in [1.82, 2.24) is 0 Å². The summed E-state index contributed by atoms with van der Waals surface area (Å²) < 4.78 is 10.0. The Balaban J connectivity index is 2.36. The van der Waals surface area contributed by atoms with Crippen LogP contribution in [0.2, 0.25) is 0 Å². The van der Waals surface area contributed by atoms with Gasteiger partial charge in [-0.3, -0.25) is 4.79 Å². The standard InChI is InChI=1S/C12H12O4/c1-7-10(13)6-9-5-8(12(14)15-2)3-4-11(9)16-7/h3-5,7H,6H2,1-2H3/t7-/m0/s1. The fourth-order valence-corrected chi connectivity index (χ4v) is 1.66. The van der Waals surface area contributed by atoms with Crippen LogP contribution in [0.5, 0.6) is 5.75 Å². The summed E-state index contributed by atoms with van der Waals surface area (Å²) in [5.41, 5.74) is 1.18. The van der Waals surface area contributed by atoms with Crippen molar-refractivity contribution in [3.8, 4) is 5.75 Å². The van der Waals surface area contributed by atoms with Crippen LogP contribution in [0.15, 0.2) is 18.2 Å². The van der Waals surface area contributed by atoms with Gasteiger partial charge in [0, 0.05) is 12.0 Å². The molecule has 0 saturated carbocycles. The van der Waals surface area contributed by atoms with Crippen LogP contribution in [-0.4, -0.2) is 25.0 Å². The van der Waals surface area contributed by atoms with E-state index in [1.807, 2.05) is 0 Å². The maximum Gasteiger partial charge on any atom is 0.337 e. The molecule has 0 amide bonds. The molecule has 1 heterocycles. The lowest BCUT2D eigenvalue weighted by molar-refractivity contribution is -0.125. The molecule has 1 aromatic carbocycles. The highest BCUT2D eigenvalue weighted by atomic mass is 16.5. The van der Waals surface area contributed by atoms with Crippen molar-refractivity contribution in [3.05, 3.63) is 29.3 Å². The molecule has 1 atom stereocenters. The maximum atomic E-state index is 11.5. The van der Waals surface area contributed by atoms with Crippen molar-refractivity contribution < 1.29 is 19.1 Å². The van der Waals surface area contributed by atoms with Crippen molar-refractivity contribution >= 4 is 11.8 Å². The van der Waals surface area contributed by atoms with E-state index in [1.54, 1.807) is 25.1 Å². The maximum absolute atomic E-state index is 11.5. The summed E-state index contributed by atoms with van der Waals surface area (Å²) in [6, 6.07) is 4.97. The Labute approximate surface area is 93.2 Å². The minimum absolute atomic E-state index is 0.0227. The summed E-state index contributed by atoms with van der Waals surface area (Å²) in [6.45, 7) is 1.72. The largest absolute Gasteiger partial charge is 0.483 e. The number of fused-ring (bicyclic) bond motifs is 1. The van der Waals surface area contributed by atoms with Crippen LogP contribution in [0, 0.1) is 0 Å². The molecule has 0 bridgehead atoms. The molecule has 0 aliphatic carbocycles. The van der Waals surface area contributed by atoms with E-state index in [4.69, 9.17) is 4.74 Å². The molecule has 0 aromatic heterocycles. The first kappa shape index (κ1) is 10.7. The molecule has 1 aromatic rings. The minimum atomic E-state index is -0.408. The number of hydrogen-bond donors (Lipinski definition) is 0. The van der Waals surface area contributed by atoms with Gasteiger partial charge >= 0.3 is 5.97 Å². The van der Waals surface area contributed by atoms with Gasteiger partial charge in [-0.1, -0.05) is 0 Å². The van der Waals surface area contributed by atoms with E-state index in [0.29, 0.717) is 17.7 Å². The third kappa shape index (κ3) is 1.78. The number of benzene rings is 1. The molecule has 4 nitrogen and oxygen atoms in total. The van der Waals surface area contributed by atoms with Gasteiger partial charge in [0.05, 0.1) is 12.7 Å². The zero-order valence-corrected chi connectivity index (χ0v) is 9.15. The minimum Gasteiger partial charge on any atom is -0.483 e.